The molecule has 2 heterocycles. The quantitative estimate of drug-likeness (QED) is 0.306. The fourth-order valence-corrected chi connectivity index (χ4v) is 4.78. The van der Waals surface area contributed by atoms with E-state index < -0.39 is 0 Å². The summed E-state index contributed by atoms with van der Waals surface area (Å²) in [5.74, 6) is 1.40. The van der Waals surface area contributed by atoms with Gasteiger partial charge in [-0.2, -0.15) is 9.90 Å². The fourth-order valence-electron chi connectivity index (χ4n) is 3.72. The highest BCUT2D eigenvalue weighted by molar-refractivity contribution is 7.98. The van der Waals surface area contributed by atoms with Crippen molar-refractivity contribution in [2.24, 2.45) is 0 Å². The van der Waals surface area contributed by atoms with Gasteiger partial charge in [-0.15, -0.1) is 22.0 Å². The van der Waals surface area contributed by atoms with Gasteiger partial charge >= 0.3 is 0 Å². The normalized spacial score (nSPS) is 11.1. The van der Waals surface area contributed by atoms with Crippen LogP contribution >= 0.6 is 11.8 Å². The molecule has 0 fully saturated rings. The van der Waals surface area contributed by atoms with Crippen molar-refractivity contribution in [1.82, 2.24) is 30.0 Å². The summed E-state index contributed by atoms with van der Waals surface area (Å²) >= 11 is 1.73. The Morgan fingerprint density at radius 1 is 0.848 bits per heavy atom. The van der Waals surface area contributed by atoms with E-state index in [1.165, 1.54) is 11.1 Å². The summed E-state index contributed by atoms with van der Waals surface area (Å²) in [6.07, 6.45) is 1.84. The minimum Gasteiger partial charge on any atom is -0.226 e. The lowest BCUT2D eigenvalue weighted by atomic mass is 10.1. The molecule has 0 radical (unpaired) electrons. The maximum Gasteiger partial charge on any atom is 0.209 e. The van der Waals surface area contributed by atoms with E-state index in [4.69, 9.17) is 5.10 Å². The summed E-state index contributed by atoms with van der Waals surface area (Å²) < 4.78 is 1.99. The van der Waals surface area contributed by atoms with E-state index in [1.54, 1.807) is 16.6 Å². The largest absolute Gasteiger partial charge is 0.226 e. The molecule has 5 aromatic rings. The number of para-hydroxylation sites is 1. The number of tetrazole rings is 1. The number of hydrogen-bond donors (Lipinski definition) is 0. The van der Waals surface area contributed by atoms with Gasteiger partial charge in [-0.1, -0.05) is 78.4 Å². The first-order chi connectivity index (χ1) is 16.2. The summed E-state index contributed by atoms with van der Waals surface area (Å²) in [5.41, 5.74) is 6.70. The molecule has 0 saturated heterocycles. The first kappa shape index (κ1) is 21.2. The van der Waals surface area contributed by atoms with E-state index in [9.17, 15) is 0 Å². The van der Waals surface area contributed by atoms with Gasteiger partial charge in [0.05, 0.1) is 24.0 Å². The van der Waals surface area contributed by atoms with Gasteiger partial charge in [0.1, 0.15) is 5.03 Å². The Morgan fingerprint density at radius 3 is 2.45 bits per heavy atom. The Hall–Kier alpha value is -3.71. The fraction of sp³-hybridized carbons (Fsp3) is 0.154. The molecular weight excluding hydrogens is 428 g/mol. The van der Waals surface area contributed by atoms with Gasteiger partial charge in [0, 0.05) is 5.75 Å². The number of rotatable bonds is 7. The molecule has 0 N–H and O–H groups in total. The Morgan fingerprint density at radius 2 is 1.64 bits per heavy atom. The number of benzene rings is 3. The molecule has 6 nitrogen and oxygen atoms in total. The van der Waals surface area contributed by atoms with Crippen molar-refractivity contribution in [3.05, 3.63) is 107 Å². The molecule has 0 unspecified atom stereocenters. The number of aryl methyl sites for hydroxylation is 2. The van der Waals surface area contributed by atoms with Gasteiger partial charge < -0.3 is 0 Å². The summed E-state index contributed by atoms with van der Waals surface area (Å²) in [5, 5.41) is 19.1. The second-order valence-corrected chi connectivity index (χ2v) is 8.93. The molecule has 164 valence electrons. The first-order valence-electron chi connectivity index (χ1n) is 10.8. The smallest absolute Gasteiger partial charge is 0.209 e. The van der Waals surface area contributed by atoms with Crippen LogP contribution in [0, 0.1) is 13.8 Å². The van der Waals surface area contributed by atoms with Crippen molar-refractivity contribution in [3.63, 3.8) is 0 Å². The van der Waals surface area contributed by atoms with Gasteiger partial charge in [0.25, 0.3) is 0 Å². The zero-order valence-corrected chi connectivity index (χ0v) is 19.4. The molecule has 0 amide bonds. The van der Waals surface area contributed by atoms with E-state index in [2.05, 4.69) is 83.9 Å². The average molecular weight is 453 g/mol. The van der Waals surface area contributed by atoms with Gasteiger partial charge in [0.15, 0.2) is 0 Å². The van der Waals surface area contributed by atoms with Crippen LogP contribution in [-0.4, -0.2) is 30.0 Å². The predicted molar refractivity (Wildman–Crippen MR) is 131 cm³/mol. The third-order valence-electron chi connectivity index (χ3n) is 5.39. The molecule has 2 aromatic heterocycles. The van der Waals surface area contributed by atoms with Crippen LogP contribution in [-0.2, 0) is 12.3 Å². The van der Waals surface area contributed by atoms with Crippen LogP contribution < -0.4 is 0 Å². The van der Waals surface area contributed by atoms with Crippen molar-refractivity contribution >= 4 is 11.8 Å². The Balaban J connectivity index is 1.49. The van der Waals surface area contributed by atoms with Gasteiger partial charge in [-0.05, 0) is 41.8 Å². The lowest BCUT2D eigenvalue weighted by Gasteiger charge is -2.11. The predicted octanol–water partition coefficient (Wildman–Crippen LogP) is 5.48. The number of hydrogen-bond acceptors (Lipinski definition) is 5. The first-order valence-corrected chi connectivity index (χ1v) is 11.8. The van der Waals surface area contributed by atoms with Crippen LogP contribution in [0.5, 0.6) is 0 Å². The van der Waals surface area contributed by atoms with Crippen molar-refractivity contribution in [2.75, 3.05) is 0 Å². The number of aromatic nitrogens is 6. The lowest BCUT2D eigenvalue weighted by Crippen LogP contribution is -2.04. The van der Waals surface area contributed by atoms with Gasteiger partial charge in [0.2, 0.25) is 5.82 Å². The van der Waals surface area contributed by atoms with Crippen LogP contribution in [0.25, 0.3) is 17.1 Å². The molecule has 0 bridgehead atoms. The van der Waals surface area contributed by atoms with Crippen LogP contribution in [0.4, 0.5) is 0 Å². The van der Waals surface area contributed by atoms with Gasteiger partial charge in [-0.3, -0.25) is 0 Å². The summed E-state index contributed by atoms with van der Waals surface area (Å²) in [6, 6.07) is 27.0. The van der Waals surface area contributed by atoms with Crippen LogP contribution in [0.2, 0.25) is 0 Å². The van der Waals surface area contributed by atoms with E-state index >= 15 is 0 Å². The molecule has 0 aliphatic rings. The third kappa shape index (κ3) is 4.73. The highest BCUT2D eigenvalue weighted by atomic mass is 32.2. The topological polar surface area (TPSA) is 61.4 Å². The van der Waals surface area contributed by atoms with Gasteiger partial charge in [-0.25, -0.2) is 4.68 Å². The average Bonchev–Trinajstić information content (AvgIpc) is 3.45. The zero-order valence-electron chi connectivity index (χ0n) is 18.6. The second-order valence-electron chi connectivity index (χ2n) is 7.97. The monoisotopic (exact) mass is 452 g/mol. The Bertz CT molecular complexity index is 1370. The summed E-state index contributed by atoms with van der Waals surface area (Å²) in [4.78, 5) is 1.64. The van der Waals surface area contributed by atoms with E-state index in [0.717, 1.165) is 33.2 Å². The highest BCUT2D eigenvalue weighted by Crippen LogP contribution is 2.34. The van der Waals surface area contributed by atoms with Crippen LogP contribution in [0.3, 0.4) is 0 Å². The maximum absolute atomic E-state index is 4.72. The maximum atomic E-state index is 4.72. The molecule has 0 atom stereocenters. The molecule has 3 aromatic carbocycles. The minimum absolute atomic E-state index is 0.576. The van der Waals surface area contributed by atoms with Crippen molar-refractivity contribution in [1.29, 1.82) is 0 Å². The highest BCUT2D eigenvalue weighted by Gasteiger charge is 2.19. The molecule has 0 saturated carbocycles. The lowest BCUT2D eigenvalue weighted by molar-refractivity contribution is 0.572. The van der Waals surface area contributed by atoms with Crippen LogP contribution in [0.15, 0.2) is 90.1 Å². The summed E-state index contributed by atoms with van der Waals surface area (Å²) in [6.45, 7) is 4.76. The van der Waals surface area contributed by atoms with E-state index in [-0.39, 0.29) is 0 Å². The minimum atomic E-state index is 0.576. The summed E-state index contributed by atoms with van der Waals surface area (Å²) in [7, 11) is 0. The molecule has 0 aliphatic heterocycles. The van der Waals surface area contributed by atoms with Crippen molar-refractivity contribution in [2.45, 2.75) is 31.2 Å². The molecule has 33 heavy (non-hydrogen) atoms. The Labute approximate surface area is 197 Å². The van der Waals surface area contributed by atoms with Crippen molar-refractivity contribution < 1.29 is 0 Å². The SMILES string of the molecule is Cc1cccc(Cn2nnc(-c3cnn(-c4ccccc4C)c3SCc3ccccc3)n2)c1. The number of thioether (sulfide) groups is 1. The Kier molecular flexibility index (Phi) is 6.04. The number of nitrogens with zero attached hydrogens (tertiary/aromatic N) is 6. The van der Waals surface area contributed by atoms with Crippen molar-refractivity contribution in [3.8, 4) is 17.1 Å². The molecule has 7 heteroatoms. The zero-order chi connectivity index (χ0) is 22.6. The standard InChI is InChI=1S/C26H24N6S/c1-19-9-8-13-22(15-19)17-31-29-25(28-30-31)23-16-27-32(24-14-7-6-10-20(24)2)26(23)33-18-21-11-4-3-5-12-21/h3-16H,17-18H2,1-2H3. The molecule has 0 aliphatic carbocycles. The second kappa shape index (κ2) is 9.42. The van der Waals surface area contributed by atoms with E-state index in [0.29, 0.717) is 12.4 Å². The molecule has 0 spiro atoms. The van der Waals surface area contributed by atoms with Crippen LogP contribution in [0.1, 0.15) is 22.3 Å². The molecule has 5 rings (SSSR count). The van der Waals surface area contributed by atoms with E-state index in [1.807, 2.05) is 35.1 Å². The molecular formula is C26H24N6S. The third-order valence-corrected chi connectivity index (χ3v) is 6.53.